The minimum atomic E-state index is -4.23. The molecule has 13 heteroatoms. The summed E-state index contributed by atoms with van der Waals surface area (Å²) in [6, 6.07) is 14.1. The number of hydrogen-bond acceptors (Lipinski definition) is 6. The fourth-order valence-corrected chi connectivity index (χ4v) is 5.85. The van der Waals surface area contributed by atoms with Crippen LogP contribution in [-0.2, 0) is 33.0 Å². The number of nitrogens with zero attached hydrogens (tertiary/aromatic N) is 2. The van der Waals surface area contributed by atoms with Crippen molar-refractivity contribution < 1.29 is 35.9 Å². The number of fused-ring (bicyclic) bond motifs is 3. The van der Waals surface area contributed by atoms with Gasteiger partial charge in [0.05, 0.1) is 23.5 Å². The van der Waals surface area contributed by atoms with Gasteiger partial charge in [-0.1, -0.05) is 24.3 Å². The van der Waals surface area contributed by atoms with Gasteiger partial charge in [-0.3, -0.25) is 9.59 Å². The van der Waals surface area contributed by atoms with E-state index in [0.29, 0.717) is 36.4 Å². The van der Waals surface area contributed by atoms with E-state index >= 15 is 0 Å². The maximum atomic E-state index is 13.6. The molecule has 0 unspecified atom stereocenters. The number of carbonyl (C=O) groups is 2. The van der Waals surface area contributed by atoms with Crippen molar-refractivity contribution in [2.75, 3.05) is 23.9 Å². The van der Waals surface area contributed by atoms with Crippen molar-refractivity contribution in [3.63, 3.8) is 0 Å². The Morgan fingerprint density at radius 3 is 2.65 bits per heavy atom. The Morgan fingerprint density at radius 1 is 1.20 bits per heavy atom. The highest BCUT2D eigenvalue weighted by molar-refractivity contribution is 7.91. The average Bonchev–Trinajstić information content (AvgIpc) is 3.39. The van der Waals surface area contributed by atoms with Crippen molar-refractivity contribution in [3.05, 3.63) is 70.9 Å². The normalized spacial score (nSPS) is 18.2. The Hall–Kier alpha value is -3.87. The van der Waals surface area contributed by atoms with Gasteiger partial charge in [-0.2, -0.15) is 18.3 Å². The van der Waals surface area contributed by atoms with Crippen LogP contribution in [0, 0.1) is 0 Å². The monoisotopic (exact) mass is 576 g/mol. The van der Waals surface area contributed by atoms with Gasteiger partial charge in [-0.05, 0) is 54.7 Å². The highest BCUT2D eigenvalue weighted by Gasteiger charge is 2.46. The summed E-state index contributed by atoms with van der Waals surface area (Å²) >= 11 is 0. The van der Waals surface area contributed by atoms with Crippen LogP contribution in [0.5, 0.6) is 5.75 Å². The van der Waals surface area contributed by atoms with Crippen LogP contribution in [0.2, 0.25) is 0 Å². The number of anilines is 1. The smallest absolute Gasteiger partial charge is 0.389 e. The van der Waals surface area contributed by atoms with Crippen LogP contribution in [-0.4, -0.2) is 54.8 Å². The standard InChI is InChI=1S/C27H27F3N4O5S/c1-40(37,38)16-22(35)31-24-23-21(33-34(24)18-6-3-2-4-7-18)15-26(32-25(23)36)12-10-17-14-19(8-9-20(17)26)39-13-5-11-27(28,29)30/h2-4,6-9,14H,5,10-13,15-16H2,1H3,(H,31,35)(H,32,36)/t26-/m0/s1. The van der Waals surface area contributed by atoms with Crippen LogP contribution >= 0.6 is 0 Å². The number of aryl methyl sites for hydroxylation is 1. The second kappa shape index (κ2) is 10.3. The molecule has 0 saturated heterocycles. The molecule has 1 atom stereocenters. The predicted octanol–water partition coefficient (Wildman–Crippen LogP) is 3.70. The van der Waals surface area contributed by atoms with Gasteiger partial charge >= 0.3 is 6.18 Å². The third kappa shape index (κ3) is 5.83. The van der Waals surface area contributed by atoms with Crippen LogP contribution in [0.3, 0.4) is 0 Å². The molecule has 2 N–H and O–H groups in total. The molecule has 9 nitrogen and oxygen atoms in total. The highest BCUT2D eigenvalue weighted by Crippen LogP contribution is 2.44. The Kier molecular flexibility index (Phi) is 7.11. The summed E-state index contributed by atoms with van der Waals surface area (Å²) in [5, 5.41) is 10.3. The molecule has 5 rings (SSSR count). The Morgan fingerprint density at radius 2 is 1.95 bits per heavy atom. The van der Waals surface area contributed by atoms with E-state index in [1.54, 1.807) is 42.5 Å². The highest BCUT2D eigenvalue weighted by atomic mass is 32.2. The van der Waals surface area contributed by atoms with Gasteiger partial charge in [0.2, 0.25) is 5.91 Å². The SMILES string of the molecule is CS(=O)(=O)CC(=O)Nc1c2c(nn1-c1ccccc1)C[C@]1(CCc3cc(OCCCC(F)(F)F)ccc31)NC2=O. The number of benzene rings is 2. The van der Waals surface area contributed by atoms with E-state index in [9.17, 15) is 31.2 Å². The van der Waals surface area contributed by atoms with E-state index in [4.69, 9.17) is 4.74 Å². The molecule has 1 aliphatic heterocycles. The fourth-order valence-electron chi connectivity index (χ4n) is 5.31. The van der Waals surface area contributed by atoms with Crippen LogP contribution in [0.15, 0.2) is 48.5 Å². The van der Waals surface area contributed by atoms with E-state index in [0.717, 1.165) is 17.4 Å². The first-order valence-corrected chi connectivity index (χ1v) is 14.7. The number of para-hydroxylation sites is 1. The van der Waals surface area contributed by atoms with Crippen molar-refractivity contribution in [3.8, 4) is 11.4 Å². The number of aromatic nitrogens is 2. The largest absolute Gasteiger partial charge is 0.494 e. The van der Waals surface area contributed by atoms with Gasteiger partial charge in [-0.25, -0.2) is 13.1 Å². The predicted molar refractivity (Wildman–Crippen MR) is 140 cm³/mol. The van der Waals surface area contributed by atoms with Gasteiger partial charge in [0, 0.05) is 19.1 Å². The minimum absolute atomic E-state index is 0.0612. The van der Waals surface area contributed by atoms with E-state index in [-0.39, 0.29) is 24.4 Å². The molecule has 0 saturated carbocycles. The molecule has 1 spiro atoms. The first-order valence-electron chi connectivity index (χ1n) is 12.6. The number of amides is 2. The zero-order chi connectivity index (χ0) is 28.7. The van der Waals surface area contributed by atoms with Crippen molar-refractivity contribution in [2.24, 2.45) is 0 Å². The van der Waals surface area contributed by atoms with Crippen molar-refractivity contribution in [1.29, 1.82) is 0 Å². The number of halogens is 3. The zero-order valence-corrected chi connectivity index (χ0v) is 22.4. The van der Waals surface area contributed by atoms with E-state index in [1.165, 1.54) is 4.68 Å². The van der Waals surface area contributed by atoms with Gasteiger partial charge < -0.3 is 15.4 Å². The molecule has 2 aliphatic rings. The minimum Gasteiger partial charge on any atom is -0.494 e. The number of sulfone groups is 1. The Labute approximate surface area is 228 Å². The van der Waals surface area contributed by atoms with Crippen LogP contribution in [0.1, 0.15) is 46.4 Å². The van der Waals surface area contributed by atoms with E-state index in [1.807, 2.05) is 6.07 Å². The zero-order valence-electron chi connectivity index (χ0n) is 21.5. The number of alkyl halides is 3. The van der Waals surface area contributed by atoms with Gasteiger partial charge in [0.1, 0.15) is 22.9 Å². The Balaban J connectivity index is 1.43. The lowest BCUT2D eigenvalue weighted by Gasteiger charge is -2.35. The fraction of sp³-hybridized carbons (Fsp3) is 0.370. The molecule has 3 aromatic rings. The summed E-state index contributed by atoms with van der Waals surface area (Å²) in [4.78, 5) is 26.1. The molecule has 1 aromatic heterocycles. The molecule has 0 radical (unpaired) electrons. The van der Waals surface area contributed by atoms with Crippen LogP contribution in [0.4, 0.5) is 19.0 Å². The molecule has 40 heavy (non-hydrogen) atoms. The lowest BCUT2D eigenvalue weighted by atomic mass is 9.82. The van der Waals surface area contributed by atoms with Crippen molar-refractivity contribution >= 4 is 27.5 Å². The van der Waals surface area contributed by atoms with E-state index in [2.05, 4.69) is 15.7 Å². The van der Waals surface area contributed by atoms with Crippen LogP contribution in [0.25, 0.3) is 5.69 Å². The molecule has 0 fully saturated rings. The van der Waals surface area contributed by atoms with Crippen molar-refractivity contribution in [2.45, 2.75) is 43.8 Å². The number of carbonyl (C=O) groups excluding carboxylic acids is 2. The molecule has 1 aliphatic carbocycles. The molecular formula is C27H27F3N4O5S. The summed E-state index contributed by atoms with van der Waals surface area (Å²) in [7, 11) is -3.61. The first kappa shape index (κ1) is 27.7. The Bertz CT molecular complexity index is 1570. The van der Waals surface area contributed by atoms with Gasteiger partial charge in [0.15, 0.2) is 9.84 Å². The van der Waals surface area contributed by atoms with Crippen molar-refractivity contribution in [1.82, 2.24) is 15.1 Å². The second-order valence-electron chi connectivity index (χ2n) is 10.1. The molecule has 2 amide bonds. The maximum Gasteiger partial charge on any atom is 0.389 e. The summed E-state index contributed by atoms with van der Waals surface area (Å²) in [5.74, 6) is -1.45. The lowest BCUT2D eigenvalue weighted by Crippen LogP contribution is -2.49. The first-order chi connectivity index (χ1) is 18.8. The number of hydrogen-bond donors (Lipinski definition) is 2. The number of nitrogens with one attached hydrogen (secondary N) is 2. The summed E-state index contributed by atoms with van der Waals surface area (Å²) in [6.45, 7) is -0.0612. The summed E-state index contributed by atoms with van der Waals surface area (Å²) in [5.41, 5.74) is 2.20. The molecule has 2 aromatic carbocycles. The molecule has 2 heterocycles. The number of rotatable bonds is 8. The summed E-state index contributed by atoms with van der Waals surface area (Å²) in [6.07, 6.45) is -2.83. The third-order valence-corrected chi connectivity index (χ3v) is 7.73. The summed E-state index contributed by atoms with van der Waals surface area (Å²) < 4.78 is 67.6. The lowest BCUT2D eigenvalue weighted by molar-refractivity contribution is -0.136. The quantitative estimate of drug-likeness (QED) is 0.395. The maximum absolute atomic E-state index is 13.6. The third-order valence-electron chi connectivity index (χ3n) is 6.95. The number of ether oxygens (including phenoxy) is 1. The molecular weight excluding hydrogens is 549 g/mol. The average molecular weight is 577 g/mol. The molecule has 212 valence electrons. The van der Waals surface area contributed by atoms with Gasteiger partial charge in [-0.15, -0.1) is 0 Å². The second-order valence-corrected chi connectivity index (χ2v) is 12.3. The van der Waals surface area contributed by atoms with Crippen LogP contribution < -0.4 is 15.4 Å². The topological polar surface area (TPSA) is 119 Å². The molecule has 0 bridgehead atoms. The van der Waals surface area contributed by atoms with E-state index < -0.39 is 45.5 Å². The van der Waals surface area contributed by atoms with Gasteiger partial charge in [0.25, 0.3) is 5.91 Å².